The summed E-state index contributed by atoms with van der Waals surface area (Å²) in [5.41, 5.74) is 2.26. The summed E-state index contributed by atoms with van der Waals surface area (Å²) in [6, 6.07) is 0. The van der Waals surface area contributed by atoms with Gasteiger partial charge in [0.05, 0.1) is 0 Å². The van der Waals surface area contributed by atoms with E-state index in [0.29, 0.717) is 0 Å². The number of carbonyl (C=O) groups is 1. The molecule has 2 rings (SSSR count). The summed E-state index contributed by atoms with van der Waals surface area (Å²) < 4.78 is 0. The Bertz CT molecular complexity index is 263. The molecule has 1 heterocycles. The molecule has 2 heteroatoms. The van der Waals surface area contributed by atoms with E-state index in [9.17, 15) is 4.79 Å². The number of amides is 1. The van der Waals surface area contributed by atoms with Crippen molar-refractivity contribution in [2.45, 2.75) is 12.8 Å². The normalized spacial score (nSPS) is 23.0. The van der Waals surface area contributed by atoms with Crippen LogP contribution >= 0.6 is 0 Å². The molecule has 0 spiro atoms. The molecule has 0 atom stereocenters. The van der Waals surface area contributed by atoms with Gasteiger partial charge < -0.3 is 4.90 Å². The fraction of sp³-hybridized carbons (Fsp3) is 0.444. The summed E-state index contributed by atoms with van der Waals surface area (Å²) in [7, 11) is 1.86. The molecule has 0 saturated heterocycles. The average molecular weight is 149 g/mol. The van der Waals surface area contributed by atoms with Gasteiger partial charge in [0.25, 0.3) is 5.91 Å². The Morgan fingerprint density at radius 2 is 2.36 bits per heavy atom. The van der Waals surface area contributed by atoms with E-state index in [4.69, 9.17) is 0 Å². The van der Waals surface area contributed by atoms with Crippen LogP contribution in [0.1, 0.15) is 12.8 Å². The van der Waals surface area contributed by atoms with Crippen molar-refractivity contribution >= 4 is 5.91 Å². The lowest BCUT2D eigenvalue weighted by Crippen LogP contribution is -2.21. The second-order valence-electron chi connectivity index (χ2n) is 3.12. The highest BCUT2D eigenvalue weighted by atomic mass is 16.2. The summed E-state index contributed by atoms with van der Waals surface area (Å²) >= 11 is 0. The first kappa shape index (κ1) is 6.65. The van der Waals surface area contributed by atoms with Crippen molar-refractivity contribution in [3.8, 4) is 0 Å². The molecular weight excluding hydrogens is 138 g/mol. The van der Waals surface area contributed by atoms with E-state index in [1.54, 1.807) is 4.90 Å². The van der Waals surface area contributed by atoms with Gasteiger partial charge in [0, 0.05) is 19.2 Å². The zero-order chi connectivity index (χ0) is 7.84. The fourth-order valence-corrected chi connectivity index (χ4v) is 1.66. The first-order chi connectivity index (χ1) is 5.29. The highest BCUT2D eigenvalue weighted by Crippen LogP contribution is 2.26. The largest absolute Gasteiger partial charge is 0.338 e. The van der Waals surface area contributed by atoms with Crippen molar-refractivity contribution in [2.75, 3.05) is 13.6 Å². The highest BCUT2D eigenvalue weighted by Gasteiger charge is 2.26. The zero-order valence-corrected chi connectivity index (χ0v) is 6.63. The molecular formula is C9H11NO. The molecule has 0 N–H and O–H groups in total. The number of allylic oxidation sites excluding steroid dienone is 1. The van der Waals surface area contributed by atoms with Crippen LogP contribution in [-0.4, -0.2) is 24.4 Å². The van der Waals surface area contributed by atoms with Gasteiger partial charge in [0.1, 0.15) is 0 Å². The highest BCUT2D eigenvalue weighted by molar-refractivity contribution is 5.99. The summed E-state index contributed by atoms with van der Waals surface area (Å²) in [5.74, 6) is 0.191. The van der Waals surface area contributed by atoms with Crippen LogP contribution in [0.5, 0.6) is 0 Å². The van der Waals surface area contributed by atoms with Gasteiger partial charge >= 0.3 is 0 Å². The van der Waals surface area contributed by atoms with Crippen molar-refractivity contribution in [3.63, 3.8) is 0 Å². The van der Waals surface area contributed by atoms with Crippen molar-refractivity contribution in [1.82, 2.24) is 4.90 Å². The predicted molar refractivity (Wildman–Crippen MR) is 43.0 cm³/mol. The molecule has 2 aliphatic rings. The second kappa shape index (κ2) is 2.22. The molecule has 0 saturated carbocycles. The van der Waals surface area contributed by atoms with Crippen LogP contribution in [0.15, 0.2) is 23.3 Å². The van der Waals surface area contributed by atoms with Crippen molar-refractivity contribution in [2.24, 2.45) is 0 Å². The molecule has 0 unspecified atom stereocenters. The van der Waals surface area contributed by atoms with Gasteiger partial charge in [-0.05, 0) is 18.4 Å². The Hall–Kier alpha value is -1.05. The molecule has 0 aromatic rings. The topological polar surface area (TPSA) is 20.3 Å². The van der Waals surface area contributed by atoms with Crippen LogP contribution in [0, 0.1) is 0 Å². The van der Waals surface area contributed by atoms with E-state index in [2.05, 4.69) is 6.08 Å². The molecule has 0 radical (unpaired) electrons. The van der Waals surface area contributed by atoms with Crippen LogP contribution in [0.3, 0.4) is 0 Å². The maximum absolute atomic E-state index is 11.4. The number of hydrogen-bond acceptors (Lipinski definition) is 1. The number of hydrogen-bond donors (Lipinski definition) is 0. The van der Waals surface area contributed by atoms with Gasteiger partial charge in [0.2, 0.25) is 0 Å². The maximum atomic E-state index is 11.4. The minimum absolute atomic E-state index is 0.191. The first-order valence-corrected chi connectivity index (χ1v) is 3.93. The summed E-state index contributed by atoms with van der Waals surface area (Å²) in [5, 5.41) is 0. The summed E-state index contributed by atoms with van der Waals surface area (Å²) in [4.78, 5) is 13.1. The molecule has 11 heavy (non-hydrogen) atoms. The lowest BCUT2D eigenvalue weighted by atomic mass is 10.0. The first-order valence-electron chi connectivity index (χ1n) is 3.93. The lowest BCUT2D eigenvalue weighted by Gasteiger charge is -2.06. The van der Waals surface area contributed by atoms with Gasteiger partial charge in [-0.2, -0.15) is 0 Å². The third-order valence-corrected chi connectivity index (χ3v) is 2.28. The number of carbonyl (C=O) groups excluding carboxylic acids is 1. The summed E-state index contributed by atoms with van der Waals surface area (Å²) in [6.07, 6.45) is 6.21. The van der Waals surface area contributed by atoms with E-state index in [1.807, 2.05) is 13.1 Å². The lowest BCUT2D eigenvalue weighted by molar-refractivity contribution is -0.124. The fourth-order valence-electron chi connectivity index (χ4n) is 1.66. The quantitative estimate of drug-likeness (QED) is 0.505. The van der Waals surface area contributed by atoms with Gasteiger partial charge in [-0.25, -0.2) is 0 Å². The Morgan fingerprint density at radius 3 is 3.09 bits per heavy atom. The van der Waals surface area contributed by atoms with E-state index < -0.39 is 0 Å². The molecule has 0 fully saturated rings. The van der Waals surface area contributed by atoms with Crippen LogP contribution in [-0.2, 0) is 4.79 Å². The molecule has 0 bridgehead atoms. The van der Waals surface area contributed by atoms with E-state index in [1.165, 1.54) is 5.57 Å². The average Bonchev–Trinajstić information content (AvgIpc) is 2.30. The van der Waals surface area contributed by atoms with Crippen LogP contribution in [0.25, 0.3) is 0 Å². The Labute approximate surface area is 66.2 Å². The van der Waals surface area contributed by atoms with Gasteiger partial charge in [-0.15, -0.1) is 0 Å². The Balaban J connectivity index is 2.35. The molecule has 1 amide bonds. The van der Waals surface area contributed by atoms with E-state index >= 15 is 0 Å². The van der Waals surface area contributed by atoms with Gasteiger partial charge in [0.15, 0.2) is 0 Å². The Kier molecular flexibility index (Phi) is 1.34. The van der Waals surface area contributed by atoms with Crippen molar-refractivity contribution in [3.05, 3.63) is 23.3 Å². The molecule has 0 aromatic heterocycles. The number of likely N-dealkylation sites (N-methyl/N-ethyl adjacent to an activating group) is 1. The number of nitrogens with zero attached hydrogens (tertiary/aromatic N) is 1. The van der Waals surface area contributed by atoms with Crippen LogP contribution < -0.4 is 0 Å². The minimum atomic E-state index is 0.191. The minimum Gasteiger partial charge on any atom is -0.338 e. The third-order valence-electron chi connectivity index (χ3n) is 2.28. The van der Waals surface area contributed by atoms with Crippen molar-refractivity contribution < 1.29 is 4.79 Å². The molecule has 0 aromatic carbocycles. The zero-order valence-electron chi connectivity index (χ0n) is 6.63. The van der Waals surface area contributed by atoms with Crippen LogP contribution in [0.4, 0.5) is 0 Å². The third kappa shape index (κ3) is 0.897. The second-order valence-corrected chi connectivity index (χ2v) is 3.12. The predicted octanol–water partition coefficient (Wildman–Crippen LogP) is 1.10. The molecule has 58 valence electrons. The molecule has 1 aliphatic carbocycles. The van der Waals surface area contributed by atoms with Crippen molar-refractivity contribution in [1.29, 1.82) is 0 Å². The maximum Gasteiger partial charge on any atom is 0.253 e. The SMILES string of the molecule is CN1CC2=C(C=CCC2)C1=O. The van der Waals surface area contributed by atoms with Crippen LogP contribution in [0.2, 0.25) is 0 Å². The van der Waals surface area contributed by atoms with E-state index in [-0.39, 0.29) is 5.91 Å². The van der Waals surface area contributed by atoms with E-state index in [0.717, 1.165) is 25.0 Å². The van der Waals surface area contributed by atoms with Gasteiger partial charge in [-0.1, -0.05) is 12.2 Å². The molecule has 1 aliphatic heterocycles. The molecule has 2 nitrogen and oxygen atoms in total. The monoisotopic (exact) mass is 149 g/mol. The standard InChI is InChI=1S/C9H11NO/c1-10-6-7-4-2-3-5-8(7)9(10)11/h3,5H,2,4,6H2,1H3. The smallest absolute Gasteiger partial charge is 0.253 e. The Morgan fingerprint density at radius 1 is 1.55 bits per heavy atom. The van der Waals surface area contributed by atoms with Gasteiger partial charge in [-0.3, -0.25) is 4.79 Å². The summed E-state index contributed by atoms with van der Waals surface area (Å²) in [6.45, 7) is 0.846. The number of rotatable bonds is 0.